The maximum atomic E-state index is 11.0. The molecule has 0 bridgehead atoms. The molecule has 0 radical (unpaired) electrons. The zero-order chi connectivity index (χ0) is 15.1. The lowest BCUT2D eigenvalue weighted by Crippen LogP contribution is -2.22. The minimum Gasteiger partial charge on any atom is -0.379 e. The number of nitrogens with one attached hydrogen (secondary N) is 1. The summed E-state index contributed by atoms with van der Waals surface area (Å²) in [5.74, 6) is 0.607. The van der Waals surface area contributed by atoms with Gasteiger partial charge in [0.15, 0.2) is 0 Å². The van der Waals surface area contributed by atoms with Crippen LogP contribution in [0.2, 0.25) is 0 Å². The number of nitro benzene ring substituents is 1. The standard InChI is InChI=1S/C15H25N3O2/c1-5-8-16-14-9-13(6-7-15(14)18(19)20)11-17(4)10-12(2)3/h6-7,9,12,16H,5,8,10-11H2,1-4H3. The van der Waals surface area contributed by atoms with Crippen molar-refractivity contribution in [2.45, 2.75) is 33.7 Å². The molecule has 0 aliphatic heterocycles. The average molecular weight is 279 g/mol. The van der Waals surface area contributed by atoms with E-state index in [-0.39, 0.29) is 10.6 Å². The van der Waals surface area contributed by atoms with Crippen LogP contribution in [0, 0.1) is 16.0 Å². The van der Waals surface area contributed by atoms with E-state index < -0.39 is 0 Å². The Bertz CT molecular complexity index is 447. The Hall–Kier alpha value is -1.62. The fourth-order valence-corrected chi connectivity index (χ4v) is 2.24. The molecule has 112 valence electrons. The Morgan fingerprint density at radius 3 is 2.65 bits per heavy atom. The molecular formula is C15H25N3O2. The van der Waals surface area contributed by atoms with Crippen molar-refractivity contribution in [1.29, 1.82) is 0 Å². The van der Waals surface area contributed by atoms with E-state index in [0.29, 0.717) is 11.6 Å². The summed E-state index contributed by atoms with van der Waals surface area (Å²) < 4.78 is 0. The molecule has 5 heteroatoms. The summed E-state index contributed by atoms with van der Waals surface area (Å²) in [5, 5.41) is 14.2. The molecule has 0 aromatic heterocycles. The molecule has 1 aromatic carbocycles. The molecule has 0 atom stereocenters. The Balaban J connectivity index is 2.85. The molecule has 0 heterocycles. The summed E-state index contributed by atoms with van der Waals surface area (Å²) in [4.78, 5) is 12.9. The summed E-state index contributed by atoms with van der Waals surface area (Å²) in [6, 6.07) is 5.33. The van der Waals surface area contributed by atoms with E-state index >= 15 is 0 Å². The fraction of sp³-hybridized carbons (Fsp3) is 0.600. The van der Waals surface area contributed by atoms with Crippen LogP contribution in [0.5, 0.6) is 0 Å². The van der Waals surface area contributed by atoms with E-state index in [9.17, 15) is 10.1 Å². The summed E-state index contributed by atoms with van der Waals surface area (Å²) in [7, 11) is 2.07. The van der Waals surface area contributed by atoms with E-state index in [0.717, 1.165) is 31.6 Å². The van der Waals surface area contributed by atoms with E-state index in [1.54, 1.807) is 6.07 Å². The third-order valence-corrected chi connectivity index (χ3v) is 2.95. The lowest BCUT2D eigenvalue weighted by Gasteiger charge is -2.19. The van der Waals surface area contributed by atoms with Gasteiger partial charge in [-0.1, -0.05) is 26.8 Å². The molecule has 1 aromatic rings. The van der Waals surface area contributed by atoms with Gasteiger partial charge in [0.05, 0.1) is 4.92 Å². The van der Waals surface area contributed by atoms with Gasteiger partial charge in [0.1, 0.15) is 5.69 Å². The van der Waals surface area contributed by atoms with Gasteiger partial charge in [-0.2, -0.15) is 0 Å². The molecular weight excluding hydrogens is 254 g/mol. The molecule has 0 saturated carbocycles. The number of hydrogen-bond acceptors (Lipinski definition) is 4. The number of benzene rings is 1. The molecule has 1 rings (SSSR count). The van der Waals surface area contributed by atoms with Crippen LogP contribution in [0.1, 0.15) is 32.8 Å². The molecule has 1 N–H and O–H groups in total. The first-order chi connectivity index (χ1) is 9.43. The van der Waals surface area contributed by atoms with Crippen molar-refractivity contribution in [3.05, 3.63) is 33.9 Å². The van der Waals surface area contributed by atoms with Crippen LogP contribution >= 0.6 is 0 Å². The van der Waals surface area contributed by atoms with Gasteiger partial charge < -0.3 is 10.2 Å². The predicted octanol–water partition coefficient (Wildman–Crippen LogP) is 3.50. The largest absolute Gasteiger partial charge is 0.379 e. The first-order valence-electron chi connectivity index (χ1n) is 7.13. The minimum absolute atomic E-state index is 0.147. The zero-order valence-corrected chi connectivity index (χ0v) is 12.8. The van der Waals surface area contributed by atoms with Gasteiger partial charge in [-0.25, -0.2) is 0 Å². The Morgan fingerprint density at radius 1 is 1.40 bits per heavy atom. The van der Waals surface area contributed by atoms with Crippen LogP contribution in [0.25, 0.3) is 0 Å². The van der Waals surface area contributed by atoms with Crippen molar-refractivity contribution in [2.24, 2.45) is 5.92 Å². The van der Waals surface area contributed by atoms with E-state index in [1.165, 1.54) is 0 Å². The van der Waals surface area contributed by atoms with Gasteiger partial charge >= 0.3 is 0 Å². The van der Waals surface area contributed by atoms with Gasteiger partial charge in [0.25, 0.3) is 5.69 Å². The van der Waals surface area contributed by atoms with Crippen molar-refractivity contribution >= 4 is 11.4 Å². The van der Waals surface area contributed by atoms with Crippen molar-refractivity contribution in [1.82, 2.24) is 4.90 Å². The van der Waals surface area contributed by atoms with Crippen LogP contribution in [0.4, 0.5) is 11.4 Å². The second kappa shape index (κ2) is 7.85. The van der Waals surface area contributed by atoms with Crippen LogP contribution in [0.15, 0.2) is 18.2 Å². The smallest absolute Gasteiger partial charge is 0.292 e. The van der Waals surface area contributed by atoms with Crippen molar-refractivity contribution in [2.75, 3.05) is 25.5 Å². The number of anilines is 1. The SMILES string of the molecule is CCCNc1cc(CN(C)CC(C)C)ccc1[N+](=O)[O-]. The van der Waals surface area contributed by atoms with Gasteiger partial charge in [0, 0.05) is 25.7 Å². The van der Waals surface area contributed by atoms with Crippen molar-refractivity contribution in [3.63, 3.8) is 0 Å². The van der Waals surface area contributed by atoms with Crippen LogP contribution < -0.4 is 5.32 Å². The highest BCUT2D eigenvalue weighted by Gasteiger charge is 2.14. The molecule has 0 unspecified atom stereocenters. The van der Waals surface area contributed by atoms with Gasteiger partial charge in [-0.3, -0.25) is 10.1 Å². The molecule has 0 spiro atoms. The van der Waals surface area contributed by atoms with Gasteiger partial charge in [-0.05, 0) is 31.0 Å². The maximum absolute atomic E-state index is 11.0. The normalized spacial score (nSPS) is 11.1. The van der Waals surface area contributed by atoms with Crippen LogP contribution in [-0.4, -0.2) is 30.0 Å². The van der Waals surface area contributed by atoms with Crippen molar-refractivity contribution in [3.8, 4) is 0 Å². The highest BCUT2D eigenvalue weighted by molar-refractivity contribution is 5.62. The Kier molecular flexibility index (Phi) is 6.45. The van der Waals surface area contributed by atoms with E-state index in [1.807, 2.05) is 19.1 Å². The lowest BCUT2D eigenvalue weighted by atomic mass is 10.1. The first kappa shape index (κ1) is 16.4. The average Bonchev–Trinajstić information content (AvgIpc) is 2.35. The van der Waals surface area contributed by atoms with Crippen molar-refractivity contribution < 1.29 is 4.92 Å². The summed E-state index contributed by atoms with van der Waals surface area (Å²) in [6.45, 7) is 8.96. The Morgan fingerprint density at radius 2 is 2.10 bits per heavy atom. The Labute approximate surface area is 121 Å². The molecule has 0 aliphatic rings. The molecule has 0 amide bonds. The molecule has 0 saturated heterocycles. The lowest BCUT2D eigenvalue weighted by molar-refractivity contribution is -0.384. The third kappa shape index (κ3) is 5.17. The van der Waals surface area contributed by atoms with E-state index in [4.69, 9.17) is 0 Å². The number of hydrogen-bond donors (Lipinski definition) is 1. The highest BCUT2D eigenvalue weighted by Crippen LogP contribution is 2.26. The van der Waals surface area contributed by atoms with Gasteiger partial charge in [0.2, 0.25) is 0 Å². The van der Waals surface area contributed by atoms with Gasteiger partial charge in [-0.15, -0.1) is 0 Å². The second-order valence-corrected chi connectivity index (χ2v) is 5.63. The minimum atomic E-state index is -0.334. The molecule has 0 aliphatic carbocycles. The second-order valence-electron chi connectivity index (χ2n) is 5.63. The number of nitro groups is 1. The highest BCUT2D eigenvalue weighted by atomic mass is 16.6. The topological polar surface area (TPSA) is 58.4 Å². The molecule has 0 fully saturated rings. The molecule has 5 nitrogen and oxygen atoms in total. The molecule has 20 heavy (non-hydrogen) atoms. The van der Waals surface area contributed by atoms with Crippen LogP contribution in [0.3, 0.4) is 0 Å². The maximum Gasteiger partial charge on any atom is 0.292 e. The summed E-state index contributed by atoms with van der Waals surface area (Å²) in [5.41, 5.74) is 1.86. The zero-order valence-electron chi connectivity index (χ0n) is 12.8. The van der Waals surface area contributed by atoms with E-state index in [2.05, 4.69) is 31.1 Å². The summed E-state index contributed by atoms with van der Waals surface area (Å²) in [6.07, 6.45) is 0.939. The number of nitrogens with zero attached hydrogens (tertiary/aromatic N) is 2. The number of rotatable bonds is 8. The first-order valence-corrected chi connectivity index (χ1v) is 7.13. The fourth-order valence-electron chi connectivity index (χ4n) is 2.24. The monoisotopic (exact) mass is 279 g/mol. The quantitative estimate of drug-likeness (QED) is 0.584. The summed E-state index contributed by atoms with van der Waals surface area (Å²) >= 11 is 0. The third-order valence-electron chi connectivity index (χ3n) is 2.95. The van der Waals surface area contributed by atoms with Crippen LogP contribution in [-0.2, 0) is 6.54 Å². The predicted molar refractivity (Wildman–Crippen MR) is 83.0 cm³/mol.